The average Bonchev–Trinajstić information content (AvgIpc) is 2.96. The second-order valence-corrected chi connectivity index (χ2v) is 4.30. The molecule has 0 radical (unpaired) electrons. The second kappa shape index (κ2) is 3.64. The maximum atomic E-state index is 5.23. The van der Waals surface area contributed by atoms with Gasteiger partial charge in [-0.3, -0.25) is 4.57 Å². The molecule has 0 saturated heterocycles. The van der Waals surface area contributed by atoms with E-state index in [0.29, 0.717) is 0 Å². The highest BCUT2D eigenvalue weighted by atomic mass is 32.1. The summed E-state index contributed by atoms with van der Waals surface area (Å²) in [5.41, 5.74) is 1.12. The van der Waals surface area contributed by atoms with Crippen LogP contribution in [0.3, 0.4) is 0 Å². The molecule has 0 bridgehead atoms. The highest BCUT2D eigenvalue weighted by Gasteiger charge is 2.05. The number of ether oxygens (including phenoxy) is 1. The predicted molar refractivity (Wildman–Crippen MR) is 65.5 cm³/mol. The molecule has 0 fully saturated rings. The zero-order chi connectivity index (χ0) is 11.0. The number of hydrogen-bond acceptors (Lipinski definition) is 3. The number of fused-ring (bicyclic) bond motifs is 1. The average molecular weight is 230 g/mol. The second-order valence-electron chi connectivity index (χ2n) is 3.43. The van der Waals surface area contributed by atoms with Crippen molar-refractivity contribution in [3.63, 3.8) is 0 Å². The molecule has 0 aliphatic heterocycles. The molecule has 80 valence electrons. The Hall–Kier alpha value is -1.81. The number of nitrogens with zero attached hydrogens (tertiary/aromatic N) is 2. The summed E-state index contributed by atoms with van der Waals surface area (Å²) in [5.74, 6) is 0.865. The van der Waals surface area contributed by atoms with Gasteiger partial charge in [-0.05, 0) is 18.2 Å². The van der Waals surface area contributed by atoms with Gasteiger partial charge in [-0.2, -0.15) is 0 Å². The summed E-state index contributed by atoms with van der Waals surface area (Å²) >= 11 is 1.62. The summed E-state index contributed by atoms with van der Waals surface area (Å²) < 4.78 is 7.31. The fourth-order valence-corrected chi connectivity index (χ4v) is 2.37. The van der Waals surface area contributed by atoms with Crippen molar-refractivity contribution in [1.82, 2.24) is 9.55 Å². The Morgan fingerprint density at radius 2 is 2.25 bits per heavy atom. The zero-order valence-corrected chi connectivity index (χ0v) is 9.57. The van der Waals surface area contributed by atoms with Gasteiger partial charge in [0.1, 0.15) is 5.75 Å². The number of rotatable bonds is 2. The number of aromatic nitrogens is 2. The van der Waals surface area contributed by atoms with Gasteiger partial charge in [0, 0.05) is 29.2 Å². The minimum absolute atomic E-state index is 0.865. The molecule has 3 aromatic rings. The van der Waals surface area contributed by atoms with Crippen LogP contribution >= 0.6 is 11.3 Å². The zero-order valence-electron chi connectivity index (χ0n) is 8.75. The SMILES string of the molecule is COc1ccc2ccn(-c3nccs3)c2c1. The normalized spacial score (nSPS) is 10.8. The van der Waals surface area contributed by atoms with E-state index < -0.39 is 0 Å². The van der Waals surface area contributed by atoms with Gasteiger partial charge in [0.25, 0.3) is 0 Å². The topological polar surface area (TPSA) is 27.1 Å². The number of methoxy groups -OCH3 is 1. The summed E-state index contributed by atoms with van der Waals surface area (Å²) in [6.07, 6.45) is 3.84. The van der Waals surface area contributed by atoms with Crippen LogP contribution in [-0.2, 0) is 0 Å². The first-order valence-electron chi connectivity index (χ1n) is 4.93. The van der Waals surface area contributed by atoms with Crippen molar-refractivity contribution in [1.29, 1.82) is 0 Å². The molecule has 3 rings (SSSR count). The fraction of sp³-hybridized carbons (Fsp3) is 0.0833. The molecule has 0 unspecified atom stereocenters. The molecule has 0 saturated carbocycles. The quantitative estimate of drug-likeness (QED) is 0.676. The predicted octanol–water partition coefficient (Wildman–Crippen LogP) is 3.10. The molecule has 2 heterocycles. The molecule has 0 N–H and O–H groups in total. The van der Waals surface area contributed by atoms with Gasteiger partial charge in [-0.15, -0.1) is 11.3 Å². The first-order chi connectivity index (χ1) is 7.88. The van der Waals surface area contributed by atoms with Gasteiger partial charge in [0.15, 0.2) is 5.13 Å². The minimum Gasteiger partial charge on any atom is -0.497 e. The van der Waals surface area contributed by atoms with E-state index in [4.69, 9.17) is 4.74 Å². The molecule has 1 aromatic carbocycles. The first kappa shape index (κ1) is 9.42. The van der Waals surface area contributed by atoms with Gasteiger partial charge >= 0.3 is 0 Å². The van der Waals surface area contributed by atoms with Crippen molar-refractivity contribution in [3.05, 3.63) is 42.0 Å². The molecule has 4 heteroatoms. The van der Waals surface area contributed by atoms with E-state index >= 15 is 0 Å². The van der Waals surface area contributed by atoms with E-state index in [9.17, 15) is 0 Å². The van der Waals surface area contributed by atoms with Crippen molar-refractivity contribution in [2.75, 3.05) is 7.11 Å². The van der Waals surface area contributed by atoms with Crippen molar-refractivity contribution < 1.29 is 4.74 Å². The summed E-state index contributed by atoms with van der Waals surface area (Å²) in [7, 11) is 1.68. The van der Waals surface area contributed by atoms with Crippen LogP contribution in [0.2, 0.25) is 0 Å². The monoisotopic (exact) mass is 230 g/mol. The third-order valence-electron chi connectivity index (χ3n) is 2.53. The number of hydrogen-bond donors (Lipinski definition) is 0. The van der Waals surface area contributed by atoms with Crippen LogP contribution < -0.4 is 4.74 Å². The van der Waals surface area contributed by atoms with Crippen molar-refractivity contribution in [2.45, 2.75) is 0 Å². The van der Waals surface area contributed by atoms with Crippen LogP contribution in [0.4, 0.5) is 0 Å². The first-order valence-corrected chi connectivity index (χ1v) is 5.81. The molecule has 0 amide bonds. The lowest BCUT2D eigenvalue weighted by Gasteiger charge is -2.02. The van der Waals surface area contributed by atoms with Gasteiger partial charge < -0.3 is 4.74 Å². The van der Waals surface area contributed by atoms with Crippen molar-refractivity contribution in [3.8, 4) is 10.9 Å². The van der Waals surface area contributed by atoms with Crippen LogP contribution in [0, 0.1) is 0 Å². The molecule has 0 spiro atoms. The highest BCUT2D eigenvalue weighted by molar-refractivity contribution is 7.12. The molecule has 0 aliphatic rings. The Morgan fingerprint density at radius 1 is 1.31 bits per heavy atom. The van der Waals surface area contributed by atoms with Gasteiger partial charge in [0.2, 0.25) is 0 Å². The Labute approximate surface area is 96.9 Å². The highest BCUT2D eigenvalue weighted by Crippen LogP contribution is 2.25. The maximum Gasteiger partial charge on any atom is 0.193 e. The third kappa shape index (κ3) is 1.39. The molecule has 0 atom stereocenters. The van der Waals surface area contributed by atoms with Gasteiger partial charge in [0.05, 0.1) is 12.6 Å². The van der Waals surface area contributed by atoms with E-state index in [1.165, 1.54) is 5.39 Å². The standard InChI is InChI=1S/C12H10N2OS/c1-15-10-3-2-9-4-6-14(11(9)8-10)12-13-5-7-16-12/h2-8H,1H3. The molecule has 3 nitrogen and oxygen atoms in total. The van der Waals surface area contributed by atoms with Crippen LogP contribution in [0.25, 0.3) is 16.0 Å². The molecule has 16 heavy (non-hydrogen) atoms. The van der Waals surface area contributed by atoms with Crippen molar-refractivity contribution in [2.24, 2.45) is 0 Å². The third-order valence-corrected chi connectivity index (χ3v) is 3.30. The lowest BCUT2D eigenvalue weighted by Crippen LogP contribution is -1.90. The van der Waals surface area contributed by atoms with Gasteiger partial charge in [-0.1, -0.05) is 0 Å². The maximum absolute atomic E-state index is 5.23. The fourth-order valence-electron chi connectivity index (χ4n) is 1.74. The van der Waals surface area contributed by atoms with E-state index in [2.05, 4.69) is 21.7 Å². The summed E-state index contributed by atoms with van der Waals surface area (Å²) in [6.45, 7) is 0. The molecular formula is C12H10N2OS. The number of benzene rings is 1. The van der Waals surface area contributed by atoms with Crippen molar-refractivity contribution >= 4 is 22.2 Å². The Kier molecular flexibility index (Phi) is 2.15. The minimum atomic E-state index is 0.865. The number of thiazole rings is 1. The molecule has 0 aliphatic carbocycles. The largest absolute Gasteiger partial charge is 0.497 e. The van der Waals surface area contributed by atoms with Crippen LogP contribution in [0.5, 0.6) is 5.75 Å². The smallest absolute Gasteiger partial charge is 0.193 e. The van der Waals surface area contributed by atoms with E-state index in [-0.39, 0.29) is 0 Å². The van der Waals surface area contributed by atoms with Gasteiger partial charge in [-0.25, -0.2) is 4.98 Å². The Bertz CT molecular complexity index is 613. The summed E-state index contributed by atoms with van der Waals surface area (Å²) in [6, 6.07) is 8.12. The Balaban J connectivity index is 2.25. The summed E-state index contributed by atoms with van der Waals surface area (Å²) in [5, 5.41) is 4.14. The van der Waals surface area contributed by atoms with Crippen LogP contribution in [0.1, 0.15) is 0 Å². The van der Waals surface area contributed by atoms with Crippen LogP contribution in [0.15, 0.2) is 42.0 Å². The van der Waals surface area contributed by atoms with Crippen LogP contribution in [-0.4, -0.2) is 16.7 Å². The molecule has 2 aromatic heterocycles. The summed E-state index contributed by atoms with van der Waals surface area (Å²) in [4.78, 5) is 4.30. The lowest BCUT2D eigenvalue weighted by molar-refractivity contribution is 0.415. The Morgan fingerprint density at radius 3 is 3.00 bits per heavy atom. The van der Waals surface area contributed by atoms with E-state index in [1.807, 2.05) is 29.9 Å². The van der Waals surface area contributed by atoms with E-state index in [0.717, 1.165) is 16.4 Å². The lowest BCUT2D eigenvalue weighted by atomic mass is 10.2. The van der Waals surface area contributed by atoms with E-state index in [1.54, 1.807) is 18.4 Å². The molecular weight excluding hydrogens is 220 g/mol.